The summed E-state index contributed by atoms with van der Waals surface area (Å²) in [6.07, 6.45) is 0. The fraction of sp³-hybridized carbons (Fsp3) is 0.429. The summed E-state index contributed by atoms with van der Waals surface area (Å²) in [5.41, 5.74) is -3.47. The normalized spacial score (nSPS) is 12.8. The predicted molar refractivity (Wildman–Crippen MR) is 45.8 cm³/mol. The van der Waals surface area contributed by atoms with Gasteiger partial charge in [-0.25, -0.2) is 0 Å². The summed E-state index contributed by atoms with van der Waals surface area (Å²) in [4.78, 5) is 42.9. The highest BCUT2D eigenvalue weighted by Crippen LogP contribution is 2.24. The molecule has 0 amide bonds. The summed E-state index contributed by atoms with van der Waals surface area (Å²) < 4.78 is 0. The standard InChI is InChI=1S/C7H9NO8/c1-8-2(3(9)10)7(4(11)12,5(13)14)6(15)16/h2,8H,1H3,(H,9,10)(H,11,12)(H,13,14)(H,15,16)/t2-/m1/s1. The molecule has 0 fully saturated rings. The molecular weight excluding hydrogens is 226 g/mol. The first-order valence-electron chi connectivity index (χ1n) is 3.83. The third-order valence-corrected chi connectivity index (χ3v) is 1.98. The van der Waals surface area contributed by atoms with E-state index in [1.54, 1.807) is 0 Å². The molecule has 0 aromatic carbocycles. The molecule has 0 aliphatic carbocycles. The average molecular weight is 235 g/mol. The number of rotatable bonds is 6. The van der Waals surface area contributed by atoms with Gasteiger partial charge in [-0.3, -0.25) is 19.2 Å². The highest BCUT2D eigenvalue weighted by Gasteiger charge is 2.63. The highest BCUT2D eigenvalue weighted by atomic mass is 16.4. The van der Waals surface area contributed by atoms with Gasteiger partial charge in [0.2, 0.25) is 0 Å². The number of carboxylic acid groups (broad SMARTS) is 4. The topological polar surface area (TPSA) is 161 Å². The van der Waals surface area contributed by atoms with E-state index in [0.717, 1.165) is 7.05 Å². The molecule has 0 saturated carbocycles. The van der Waals surface area contributed by atoms with Gasteiger partial charge in [-0.1, -0.05) is 0 Å². The van der Waals surface area contributed by atoms with E-state index in [1.807, 2.05) is 5.32 Å². The fourth-order valence-electron chi connectivity index (χ4n) is 1.17. The molecule has 90 valence electrons. The van der Waals surface area contributed by atoms with Crippen LogP contribution in [-0.4, -0.2) is 57.4 Å². The Labute approximate surface area is 88.3 Å². The van der Waals surface area contributed by atoms with Gasteiger partial charge in [0.05, 0.1) is 0 Å². The van der Waals surface area contributed by atoms with Crippen LogP contribution in [0, 0.1) is 5.41 Å². The Morgan fingerprint density at radius 1 is 0.938 bits per heavy atom. The van der Waals surface area contributed by atoms with E-state index in [1.165, 1.54) is 0 Å². The summed E-state index contributed by atoms with van der Waals surface area (Å²) in [5.74, 6) is -8.70. The van der Waals surface area contributed by atoms with Crippen LogP contribution >= 0.6 is 0 Å². The quantitative estimate of drug-likeness (QED) is 0.324. The van der Waals surface area contributed by atoms with Gasteiger partial charge in [0, 0.05) is 0 Å². The Hall–Kier alpha value is -2.16. The summed E-state index contributed by atoms with van der Waals surface area (Å²) >= 11 is 0. The van der Waals surface area contributed by atoms with Crippen molar-refractivity contribution in [3.8, 4) is 0 Å². The number of hydrogen-bond donors (Lipinski definition) is 5. The fourth-order valence-corrected chi connectivity index (χ4v) is 1.17. The van der Waals surface area contributed by atoms with Crippen LogP contribution in [0.5, 0.6) is 0 Å². The molecule has 5 N–H and O–H groups in total. The second kappa shape index (κ2) is 4.57. The SMILES string of the molecule is CN[C@H](C(=O)O)C(C(=O)O)(C(=O)O)C(=O)O. The van der Waals surface area contributed by atoms with Crippen LogP contribution in [0.3, 0.4) is 0 Å². The molecule has 0 aliphatic rings. The van der Waals surface area contributed by atoms with Gasteiger partial charge in [-0.05, 0) is 7.05 Å². The van der Waals surface area contributed by atoms with Gasteiger partial charge in [0.25, 0.3) is 5.41 Å². The van der Waals surface area contributed by atoms with Crippen molar-refractivity contribution in [2.24, 2.45) is 5.41 Å². The smallest absolute Gasteiger partial charge is 0.335 e. The molecule has 16 heavy (non-hydrogen) atoms. The second-order valence-corrected chi connectivity index (χ2v) is 2.78. The van der Waals surface area contributed by atoms with E-state index in [2.05, 4.69) is 0 Å². The molecule has 0 radical (unpaired) electrons. The van der Waals surface area contributed by atoms with E-state index >= 15 is 0 Å². The van der Waals surface area contributed by atoms with Gasteiger partial charge < -0.3 is 25.7 Å². The Balaban J connectivity index is 5.88. The molecule has 0 aromatic rings. The zero-order chi connectivity index (χ0) is 13.1. The highest BCUT2D eigenvalue weighted by molar-refractivity contribution is 6.19. The Kier molecular flexibility index (Phi) is 3.96. The van der Waals surface area contributed by atoms with Crippen molar-refractivity contribution in [2.75, 3.05) is 7.05 Å². The molecule has 9 heteroatoms. The van der Waals surface area contributed by atoms with Crippen molar-refractivity contribution in [1.29, 1.82) is 0 Å². The van der Waals surface area contributed by atoms with Gasteiger partial charge in [0.15, 0.2) is 0 Å². The van der Waals surface area contributed by atoms with Gasteiger partial charge in [0.1, 0.15) is 6.04 Å². The zero-order valence-electron chi connectivity index (χ0n) is 8.00. The lowest BCUT2D eigenvalue weighted by atomic mass is 9.80. The molecule has 9 nitrogen and oxygen atoms in total. The van der Waals surface area contributed by atoms with E-state index < -0.39 is 35.3 Å². The van der Waals surface area contributed by atoms with Crippen molar-refractivity contribution in [3.63, 3.8) is 0 Å². The van der Waals surface area contributed by atoms with Crippen molar-refractivity contribution in [2.45, 2.75) is 6.04 Å². The average Bonchev–Trinajstić information content (AvgIpc) is 2.10. The summed E-state index contributed by atoms with van der Waals surface area (Å²) in [7, 11) is 0.947. The van der Waals surface area contributed by atoms with Gasteiger partial charge in [-0.2, -0.15) is 0 Å². The van der Waals surface area contributed by atoms with Gasteiger partial charge >= 0.3 is 23.9 Å². The molecule has 0 heterocycles. The third-order valence-electron chi connectivity index (χ3n) is 1.98. The molecule has 0 saturated heterocycles. The monoisotopic (exact) mass is 235 g/mol. The first-order valence-corrected chi connectivity index (χ1v) is 3.83. The Morgan fingerprint density at radius 2 is 1.25 bits per heavy atom. The minimum atomic E-state index is -3.47. The van der Waals surface area contributed by atoms with Gasteiger partial charge in [-0.15, -0.1) is 0 Å². The lowest BCUT2D eigenvalue weighted by molar-refractivity contribution is -0.182. The maximum absolute atomic E-state index is 10.7. The Bertz CT molecular complexity index is 312. The summed E-state index contributed by atoms with van der Waals surface area (Å²) in [5, 5.41) is 36.4. The molecular formula is C7H9NO8. The van der Waals surface area contributed by atoms with Crippen LogP contribution in [0.15, 0.2) is 0 Å². The van der Waals surface area contributed by atoms with E-state index in [9.17, 15) is 19.2 Å². The number of carbonyl (C=O) groups is 4. The number of nitrogens with one attached hydrogen (secondary N) is 1. The van der Waals surface area contributed by atoms with E-state index in [-0.39, 0.29) is 0 Å². The summed E-state index contributed by atoms with van der Waals surface area (Å²) in [6, 6.07) is -2.29. The second-order valence-electron chi connectivity index (χ2n) is 2.78. The van der Waals surface area contributed by atoms with Crippen molar-refractivity contribution >= 4 is 23.9 Å². The number of aliphatic carboxylic acids is 4. The van der Waals surface area contributed by atoms with Crippen LogP contribution in [-0.2, 0) is 19.2 Å². The van der Waals surface area contributed by atoms with Crippen LogP contribution in [0.2, 0.25) is 0 Å². The van der Waals surface area contributed by atoms with Crippen LogP contribution in [0.25, 0.3) is 0 Å². The third kappa shape index (κ3) is 1.80. The molecule has 0 spiro atoms. The molecule has 1 atom stereocenters. The number of hydrogen-bond acceptors (Lipinski definition) is 5. The lowest BCUT2D eigenvalue weighted by Gasteiger charge is -2.25. The van der Waals surface area contributed by atoms with Crippen LogP contribution in [0.4, 0.5) is 0 Å². The number of carboxylic acids is 4. The van der Waals surface area contributed by atoms with Crippen LogP contribution < -0.4 is 5.32 Å². The maximum Gasteiger partial charge on any atom is 0.335 e. The largest absolute Gasteiger partial charge is 0.480 e. The maximum atomic E-state index is 10.7. The molecule has 0 unspecified atom stereocenters. The lowest BCUT2D eigenvalue weighted by Crippen LogP contribution is -2.62. The van der Waals surface area contributed by atoms with Crippen molar-refractivity contribution in [1.82, 2.24) is 5.32 Å². The van der Waals surface area contributed by atoms with Crippen molar-refractivity contribution in [3.05, 3.63) is 0 Å². The van der Waals surface area contributed by atoms with E-state index in [4.69, 9.17) is 20.4 Å². The molecule has 0 bridgehead atoms. The number of likely N-dealkylation sites (N-methyl/N-ethyl adjacent to an activating group) is 1. The van der Waals surface area contributed by atoms with E-state index in [0.29, 0.717) is 0 Å². The molecule has 0 rings (SSSR count). The predicted octanol–water partition coefficient (Wildman–Crippen LogP) is -2.10. The minimum Gasteiger partial charge on any atom is -0.480 e. The van der Waals surface area contributed by atoms with Crippen molar-refractivity contribution < 1.29 is 39.6 Å². The Morgan fingerprint density at radius 3 is 1.31 bits per heavy atom. The molecule has 0 aliphatic heterocycles. The minimum absolute atomic E-state index is 0.947. The zero-order valence-corrected chi connectivity index (χ0v) is 8.00. The first kappa shape index (κ1) is 13.8. The first-order chi connectivity index (χ1) is 7.22. The molecule has 0 aromatic heterocycles. The summed E-state index contributed by atoms with van der Waals surface area (Å²) in [6.45, 7) is 0. The van der Waals surface area contributed by atoms with Crippen LogP contribution in [0.1, 0.15) is 0 Å².